The zero-order valence-electron chi connectivity index (χ0n) is 13.4. The molecule has 1 saturated heterocycles. The maximum Gasteiger partial charge on any atom is 0.326 e. The van der Waals surface area contributed by atoms with Crippen molar-refractivity contribution in [3.63, 3.8) is 0 Å². The van der Waals surface area contributed by atoms with Crippen LogP contribution in [-0.2, 0) is 19.6 Å². The monoisotopic (exact) mass is 334 g/mol. The number of aliphatic carboxylic acids is 1. The first-order valence-corrected chi connectivity index (χ1v) is 9.29. The summed E-state index contributed by atoms with van der Waals surface area (Å²) in [6.07, 6.45) is 1.54. The molecule has 0 saturated carbocycles. The molecule has 1 aliphatic rings. The van der Waals surface area contributed by atoms with Crippen molar-refractivity contribution in [1.82, 2.24) is 9.62 Å². The molecule has 22 heavy (non-hydrogen) atoms. The van der Waals surface area contributed by atoms with Gasteiger partial charge in [-0.2, -0.15) is 0 Å². The van der Waals surface area contributed by atoms with Crippen molar-refractivity contribution in [3.05, 3.63) is 0 Å². The molecule has 0 aromatic carbocycles. The molecule has 0 radical (unpaired) electrons. The van der Waals surface area contributed by atoms with Gasteiger partial charge >= 0.3 is 5.97 Å². The first kappa shape index (κ1) is 18.9. The number of hydrogen-bond donors (Lipinski definition) is 2. The summed E-state index contributed by atoms with van der Waals surface area (Å²) in [5.74, 6) is -1.76. The predicted molar refractivity (Wildman–Crippen MR) is 82.8 cm³/mol. The molecule has 1 rings (SSSR count). The molecule has 1 unspecified atom stereocenters. The molecule has 0 spiro atoms. The largest absolute Gasteiger partial charge is 0.480 e. The molecule has 0 aromatic rings. The van der Waals surface area contributed by atoms with Gasteiger partial charge in [0.15, 0.2) is 0 Å². The summed E-state index contributed by atoms with van der Waals surface area (Å²) in [6, 6.07) is -0.925. The van der Waals surface area contributed by atoms with Crippen molar-refractivity contribution >= 4 is 21.9 Å². The zero-order valence-corrected chi connectivity index (χ0v) is 14.2. The summed E-state index contributed by atoms with van der Waals surface area (Å²) in [5.41, 5.74) is 0. The number of rotatable bonds is 7. The van der Waals surface area contributed by atoms with E-state index in [1.54, 1.807) is 6.92 Å². The zero-order chi connectivity index (χ0) is 16.9. The van der Waals surface area contributed by atoms with Gasteiger partial charge in [-0.05, 0) is 32.1 Å². The van der Waals surface area contributed by atoms with Gasteiger partial charge in [-0.25, -0.2) is 17.5 Å². The van der Waals surface area contributed by atoms with Crippen LogP contribution in [0.4, 0.5) is 0 Å². The Kier molecular flexibility index (Phi) is 6.80. The Morgan fingerprint density at radius 3 is 2.50 bits per heavy atom. The highest BCUT2D eigenvalue weighted by atomic mass is 32.2. The van der Waals surface area contributed by atoms with Crippen LogP contribution >= 0.6 is 0 Å². The van der Waals surface area contributed by atoms with Gasteiger partial charge in [0.25, 0.3) is 0 Å². The van der Waals surface area contributed by atoms with Crippen LogP contribution in [0.25, 0.3) is 0 Å². The second kappa shape index (κ2) is 7.92. The van der Waals surface area contributed by atoms with Crippen LogP contribution in [-0.4, -0.2) is 54.6 Å². The molecule has 0 bridgehead atoms. The van der Waals surface area contributed by atoms with Crippen LogP contribution in [0.1, 0.15) is 40.0 Å². The Labute approximate surface area is 132 Å². The number of carboxylic acid groups (broad SMARTS) is 1. The second-order valence-electron chi connectivity index (χ2n) is 6.13. The van der Waals surface area contributed by atoms with Crippen LogP contribution in [0.3, 0.4) is 0 Å². The lowest BCUT2D eigenvalue weighted by Crippen LogP contribution is -2.49. The van der Waals surface area contributed by atoms with Crippen molar-refractivity contribution in [2.45, 2.75) is 46.1 Å². The Bertz CT molecular complexity index is 503. The standard InChI is InChI=1S/C14H26N2O5S/c1-4-22(20,21)16-7-5-6-11(9-16)13(17)15-12(14(18)19)8-10(2)3/h10-12H,4-9H2,1-3H3,(H,15,17)(H,18,19)/t11?,12-/m0/s1. The summed E-state index contributed by atoms with van der Waals surface area (Å²) >= 11 is 0. The normalized spacial score (nSPS) is 21.5. The third kappa shape index (κ3) is 5.24. The van der Waals surface area contributed by atoms with Crippen molar-refractivity contribution in [2.24, 2.45) is 11.8 Å². The highest BCUT2D eigenvalue weighted by Crippen LogP contribution is 2.20. The van der Waals surface area contributed by atoms with Crippen molar-refractivity contribution in [1.29, 1.82) is 0 Å². The maximum absolute atomic E-state index is 12.3. The number of carboxylic acids is 1. The molecule has 1 fully saturated rings. The van der Waals surface area contributed by atoms with Gasteiger partial charge < -0.3 is 10.4 Å². The highest BCUT2D eigenvalue weighted by Gasteiger charge is 2.33. The lowest BCUT2D eigenvalue weighted by Gasteiger charge is -2.31. The van der Waals surface area contributed by atoms with Gasteiger partial charge in [-0.3, -0.25) is 4.79 Å². The fourth-order valence-electron chi connectivity index (χ4n) is 2.57. The summed E-state index contributed by atoms with van der Waals surface area (Å²) in [4.78, 5) is 23.5. The van der Waals surface area contributed by atoms with Gasteiger partial charge in [0.1, 0.15) is 6.04 Å². The van der Waals surface area contributed by atoms with Crippen LogP contribution in [0.15, 0.2) is 0 Å². The number of nitrogens with zero attached hydrogens (tertiary/aromatic N) is 1. The van der Waals surface area contributed by atoms with Gasteiger partial charge in [0, 0.05) is 13.1 Å². The molecule has 8 heteroatoms. The molecular weight excluding hydrogens is 308 g/mol. The molecular formula is C14H26N2O5S. The van der Waals surface area contributed by atoms with E-state index in [0.717, 1.165) is 0 Å². The van der Waals surface area contributed by atoms with Gasteiger partial charge in [-0.15, -0.1) is 0 Å². The second-order valence-corrected chi connectivity index (χ2v) is 8.38. The van der Waals surface area contributed by atoms with Gasteiger partial charge in [0.05, 0.1) is 11.7 Å². The van der Waals surface area contributed by atoms with E-state index >= 15 is 0 Å². The van der Waals surface area contributed by atoms with E-state index in [1.807, 2.05) is 13.8 Å². The summed E-state index contributed by atoms with van der Waals surface area (Å²) in [7, 11) is -3.31. The summed E-state index contributed by atoms with van der Waals surface area (Å²) < 4.78 is 25.1. The first-order chi connectivity index (χ1) is 10.2. The SMILES string of the molecule is CCS(=O)(=O)N1CCCC(C(=O)N[C@@H](CC(C)C)C(=O)O)C1. The Balaban J connectivity index is 2.70. The van der Waals surface area contributed by atoms with Crippen LogP contribution in [0.2, 0.25) is 0 Å². The van der Waals surface area contributed by atoms with E-state index in [1.165, 1.54) is 4.31 Å². The number of carbonyl (C=O) groups is 2. The van der Waals surface area contributed by atoms with Gasteiger partial charge in [0.2, 0.25) is 15.9 Å². The predicted octanol–water partition coefficient (Wildman–Crippen LogP) is 0.664. The Hall–Kier alpha value is -1.15. The third-order valence-corrected chi connectivity index (χ3v) is 5.68. The van der Waals surface area contributed by atoms with E-state index in [9.17, 15) is 18.0 Å². The van der Waals surface area contributed by atoms with Crippen molar-refractivity contribution < 1.29 is 23.1 Å². The Morgan fingerprint density at radius 1 is 1.36 bits per heavy atom. The minimum absolute atomic E-state index is 0.00639. The molecule has 2 atom stereocenters. The minimum atomic E-state index is -3.31. The number of carbonyl (C=O) groups excluding carboxylic acids is 1. The molecule has 7 nitrogen and oxygen atoms in total. The van der Waals surface area contributed by atoms with E-state index < -0.39 is 28.0 Å². The molecule has 1 amide bonds. The van der Waals surface area contributed by atoms with Crippen LogP contribution in [0.5, 0.6) is 0 Å². The van der Waals surface area contributed by atoms with Crippen molar-refractivity contribution in [2.75, 3.05) is 18.8 Å². The van der Waals surface area contributed by atoms with Crippen LogP contribution in [0, 0.1) is 11.8 Å². The molecule has 1 aliphatic heterocycles. The molecule has 0 aromatic heterocycles. The smallest absolute Gasteiger partial charge is 0.326 e. The quantitative estimate of drug-likeness (QED) is 0.712. The summed E-state index contributed by atoms with van der Waals surface area (Å²) in [5, 5.41) is 11.7. The number of sulfonamides is 1. The van der Waals surface area contributed by atoms with Crippen molar-refractivity contribution in [3.8, 4) is 0 Å². The lowest BCUT2D eigenvalue weighted by atomic mass is 9.97. The minimum Gasteiger partial charge on any atom is -0.480 e. The average molecular weight is 334 g/mol. The van der Waals surface area contributed by atoms with E-state index in [4.69, 9.17) is 5.11 Å². The fourth-order valence-corrected chi connectivity index (χ4v) is 3.75. The molecule has 2 N–H and O–H groups in total. The first-order valence-electron chi connectivity index (χ1n) is 7.68. The molecule has 0 aliphatic carbocycles. The number of hydrogen-bond acceptors (Lipinski definition) is 4. The third-order valence-electron chi connectivity index (χ3n) is 3.83. The highest BCUT2D eigenvalue weighted by molar-refractivity contribution is 7.89. The Morgan fingerprint density at radius 2 is 2.00 bits per heavy atom. The maximum atomic E-state index is 12.3. The topological polar surface area (TPSA) is 104 Å². The number of nitrogens with one attached hydrogen (secondary N) is 1. The van der Waals surface area contributed by atoms with E-state index in [2.05, 4.69) is 5.32 Å². The molecule has 128 valence electrons. The van der Waals surface area contributed by atoms with Gasteiger partial charge in [-0.1, -0.05) is 13.8 Å². The lowest BCUT2D eigenvalue weighted by molar-refractivity contribution is -0.143. The fraction of sp³-hybridized carbons (Fsp3) is 0.857. The van der Waals surface area contributed by atoms with E-state index in [0.29, 0.717) is 25.8 Å². The number of amides is 1. The molecule has 1 heterocycles. The number of piperidine rings is 1. The van der Waals surface area contributed by atoms with E-state index in [-0.39, 0.29) is 24.1 Å². The van der Waals surface area contributed by atoms with Crippen LogP contribution < -0.4 is 5.32 Å². The average Bonchev–Trinajstić information content (AvgIpc) is 2.46. The summed E-state index contributed by atoms with van der Waals surface area (Å²) in [6.45, 7) is 5.91.